The van der Waals surface area contributed by atoms with E-state index in [1.807, 2.05) is 25.1 Å². The number of carbonyl (C=O) groups is 1. The van der Waals surface area contributed by atoms with E-state index in [2.05, 4.69) is 15.3 Å². The van der Waals surface area contributed by atoms with Gasteiger partial charge in [0, 0.05) is 0 Å². The second-order valence-corrected chi connectivity index (χ2v) is 4.19. The summed E-state index contributed by atoms with van der Waals surface area (Å²) in [5.41, 5.74) is 2.85. The number of rotatable bonds is 2. The summed E-state index contributed by atoms with van der Waals surface area (Å²) in [5.74, 6) is 0.399. The zero-order chi connectivity index (χ0) is 12.4. The van der Waals surface area contributed by atoms with Gasteiger partial charge in [0.05, 0.1) is 17.1 Å². The fraction of sp³-hybridized carbons (Fsp3) is 0.333. The van der Waals surface area contributed by atoms with Crippen LogP contribution < -0.4 is 5.32 Å². The number of imidazole rings is 1. The van der Waals surface area contributed by atoms with Crippen molar-refractivity contribution in [2.45, 2.75) is 26.9 Å². The van der Waals surface area contributed by atoms with E-state index < -0.39 is 6.09 Å². The second-order valence-electron chi connectivity index (χ2n) is 4.19. The minimum Gasteiger partial charge on any atom is -0.447 e. The molecule has 5 nitrogen and oxygen atoms in total. The van der Waals surface area contributed by atoms with Crippen LogP contribution in [0.5, 0.6) is 0 Å². The fourth-order valence-electron chi connectivity index (χ4n) is 1.52. The lowest BCUT2D eigenvalue weighted by atomic mass is 10.2. The summed E-state index contributed by atoms with van der Waals surface area (Å²) in [7, 11) is 0. The Hall–Kier alpha value is -2.04. The van der Waals surface area contributed by atoms with E-state index in [1.165, 1.54) is 0 Å². The highest BCUT2D eigenvalue weighted by molar-refractivity contribution is 5.86. The van der Waals surface area contributed by atoms with Crippen LogP contribution in [0.1, 0.15) is 19.4 Å². The minimum atomic E-state index is -0.504. The van der Waals surface area contributed by atoms with E-state index in [4.69, 9.17) is 4.74 Å². The molecule has 90 valence electrons. The van der Waals surface area contributed by atoms with Crippen molar-refractivity contribution in [3.05, 3.63) is 23.8 Å². The van der Waals surface area contributed by atoms with Gasteiger partial charge in [0.2, 0.25) is 5.95 Å². The lowest BCUT2D eigenvalue weighted by Crippen LogP contribution is -2.18. The van der Waals surface area contributed by atoms with Crippen molar-refractivity contribution < 1.29 is 9.53 Å². The van der Waals surface area contributed by atoms with E-state index in [0.717, 1.165) is 16.6 Å². The van der Waals surface area contributed by atoms with Crippen molar-refractivity contribution in [2.75, 3.05) is 5.32 Å². The third kappa shape index (κ3) is 2.75. The number of amides is 1. The summed E-state index contributed by atoms with van der Waals surface area (Å²) in [6.45, 7) is 5.59. The number of anilines is 1. The monoisotopic (exact) mass is 233 g/mol. The highest BCUT2D eigenvalue weighted by Gasteiger charge is 2.08. The third-order valence-electron chi connectivity index (χ3n) is 2.20. The second kappa shape index (κ2) is 4.45. The fourth-order valence-corrected chi connectivity index (χ4v) is 1.52. The van der Waals surface area contributed by atoms with Gasteiger partial charge in [-0.15, -0.1) is 0 Å². The molecule has 0 aliphatic heterocycles. The van der Waals surface area contributed by atoms with Gasteiger partial charge in [0.25, 0.3) is 0 Å². The van der Waals surface area contributed by atoms with Crippen molar-refractivity contribution in [1.82, 2.24) is 9.97 Å². The first-order chi connectivity index (χ1) is 8.04. The SMILES string of the molecule is Cc1ccc2nc(NC(=O)OC(C)C)[nH]c2c1. The quantitative estimate of drug-likeness (QED) is 0.838. The molecule has 0 radical (unpaired) electrons. The molecule has 5 heteroatoms. The molecule has 0 atom stereocenters. The largest absolute Gasteiger partial charge is 0.447 e. The molecule has 2 aromatic rings. The number of ether oxygens (including phenoxy) is 1. The predicted octanol–water partition coefficient (Wildman–Crippen LogP) is 2.83. The van der Waals surface area contributed by atoms with Crippen LogP contribution in [0.2, 0.25) is 0 Å². The van der Waals surface area contributed by atoms with Gasteiger partial charge in [-0.1, -0.05) is 6.07 Å². The highest BCUT2D eigenvalue weighted by Crippen LogP contribution is 2.15. The standard InChI is InChI=1S/C12H15N3O2/c1-7(2)17-12(16)15-11-13-9-5-4-8(3)6-10(9)14-11/h4-7H,1-3H3,(H2,13,14,15,16). The van der Waals surface area contributed by atoms with E-state index in [1.54, 1.807) is 13.8 Å². The molecule has 2 N–H and O–H groups in total. The number of nitrogens with one attached hydrogen (secondary N) is 2. The Morgan fingerprint density at radius 1 is 1.47 bits per heavy atom. The van der Waals surface area contributed by atoms with Crippen molar-refractivity contribution >= 4 is 23.1 Å². The topological polar surface area (TPSA) is 67.0 Å². The van der Waals surface area contributed by atoms with Crippen molar-refractivity contribution in [3.63, 3.8) is 0 Å². The number of aromatic nitrogens is 2. The Morgan fingerprint density at radius 3 is 2.94 bits per heavy atom. The van der Waals surface area contributed by atoms with E-state index in [0.29, 0.717) is 5.95 Å². The Kier molecular flexibility index (Phi) is 2.99. The number of nitrogens with zero attached hydrogens (tertiary/aromatic N) is 1. The van der Waals surface area contributed by atoms with Crippen LogP contribution in [-0.2, 0) is 4.74 Å². The summed E-state index contributed by atoms with van der Waals surface area (Å²) in [5, 5.41) is 2.55. The number of fused-ring (bicyclic) bond motifs is 1. The van der Waals surface area contributed by atoms with Crippen LogP contribution in [0.15, 0.2) is 18.2 Å². The van der Waals surface area contributed by atoms with Gasteiger partial charge in [0.1, 0.15) is 0 Å². The average Bonchev–Trinajstić information content (AvgIpc) is 2.57. The maximum atomic E-state index is 11.4. The Balaban J connectivity index is 2.17. The van der Waals surface area contributed by atoms with Crippen LogP contribution in [0.3, 0.4) is 0 Å². The zero-order valence-corrected chi connectivity index (χ0v) is 10.1. The predicted molar refractivity (Wildman–Crippen MR) is 66.1 cm³/mol. The molecule has 1 aromatic carbocycles. The molecule has 0 fully saturated rings. The van der Waals surface area contributed by atoms with Gasteiger partial charge in [0.15, 0.2) is 0 Å². The number of carbonyl (C=O) groups excluding carboxylic acids is 1. The molecule has 1 heterocycles. The van der Waals surface area contributed by atoms with E-state index in [-0.39, 0.29) is 6.10 Å². The Bertz CT molecular complexity index is 546. The summed E-state index contributed by atoms with van der Waals surface area (Å²) >= 11 is 0. The molecule has 0 bridgehead atoms. The maximum absolute atomic E-state index is 11.4. The molecule has 0 aliphatic rings. The summed E-state index contributed by atoms with van der Waals surface area (Å²) in [4.78, 5) is 18.6. The van der Waals surface area contributed by atoms with Gasteiger partial charge in [-0.05, 0) is 38.5 Å². The first kappa shape index (κ1) is 11.4. The van der Waals surface area contributed by atoms with Gasteiger partial charge >= 0.3 is 6.09 Å². The summed E-state index contributed by atoms with van der Waals surface area (Å²) < 4.78 is 4.96. The number of hydrogen-bond donors (Lipinski definition) is 2. The van der Waals surface area contributed by atoms with Crippen LogP contribution in [-0.4, -0.2) is 22.2 Å². The van der Waals surface area contributed by atoms with Gasteiger partial charge in [-0.25, -0.2) is 9.78 Å². The minimum absolute atomic E-state index is 0.151. The van der Waals surface area contributed by atoms with E-state index >= 15 is 0 Å². The number of benzene rings is 1. The summed E-state index contributed by atoms with van der Waals surface area (Å²) in [6, 6.07) is 5.85. The van der Waals surface area contributed by atoms with Crippen molar-refractivity contribution in [1.29, 1.82) is 0 Å². The van der Waals surface area contributed by atoms with E-state index in [9.17, 15) is 4.79 Å². The van der Waals surface area contributed by atoms with Gasteiger partial charge in [-0.2, -0.15) is 0 Å². The number of H-pyrrole nitrogens is 1. The number of hydrogen-bond acceptors (Lipinski definition) is 3. The lowest BCUT2D eigenvalue weighted by molar-refractivity contribution is 0.130. The van der Waals surface area contributed by atoms with Crippen molar-refractivity contribution in [3.8, 4) is 0 Å². The highest BCUT2D eigenvalue weighted by atomic mass is 16.6. The molecule has 1 amide bonds. The number of aryl methyl sites for hydroxylation is 1. The molecule has 2 rings (SSSR count). The molecule has 1 aromatic heterocycles. The normalized spacial score (nSPS) is 10.8. The van der Waals surface area contributed by atoms with Crippen molar-refractivity contribution in [2.24, 2.45) is 0 Å². The first-order valence-corrected chi connectivity index (χ1v) is 5.48. The number of aromatic amines is 1. The van der Waals surface area contributed by atoms with Gasteiger partial charge < -0.3 is 9.72 Å². The Morgan fingerprint density at radius 2 is 2.24 bits per heavy atom. The van der Waals surface area contributed by atoms with Crippen LogP contribution in [0, 0.1) is 6.92 Å². The Labute approximate surface area is 99.2 Å². The average molecular weight is 233 g/mol. The maximum Gasteiger partial charge on any atom is 0.414 e. The van der Waals surface area contributed by atoms with Crippen LogP contribution >= 0.6 is 0 Å². The van der Waals surface area contributed by atoms with Crippen LogP contribution in [0.4, 0.5) is 10.7 Å². The molecular formula is C12H15N3O2. The lowest BCUT2D eigenvalue weighted by Gasteiger charge is -2.06. The molecule has 0 aliphatic carbocycles. The first-order valence-electron chi connectivity index (χ1n) is 5.48. The molecule has 0 unspecified atom stereocenters. The summed E-state index contributed by atoms with van der Waals surface area (Å²) in [6.07, 6.45) is -0.655. The molecule has 0 spiro atoms. The van der Waals surface area contributed by atoms with Gasteiger partial charge in [-0.3, -0.25) is 5.32 Å². The smallest absolute Gasteiger partial charge is 0.414 e. The molecular weight excluding hydrogens is 218 g/mol. The van der Waals surface area contributed by atoms with Crippen LogP contribution in [0.25, 0.3) is 11.0 Å². The molecule has 0 saturated heterocycles. The molecule has 0 saturated carbocycles. The third-order valence-corrected chi connectivity index (χ3v) is 2.20. The molecule has 17 heavy (non-hydrogen) atoms. The zero-order valence-electron chi connectivity index (χ0n) is 10.1.